The molecule has 3 rings (SSSR count). The van der Waals surface area contributed by atoms with E-state index in [1.807, 2.05) is 0 Å². The number of rotatable bonds is 8. The zero-order chi connectivity index (χ0) is 24.9. The van der Waals surface area contributed by atoms with Crippen molar-refractivity contribution >= 4 is 57.0 Å². The monoisotopic (exact) mass is 542 g/mol. The first kappa shape index (κ1) is 25.6. The molecule has 1 amide bonds. The fraction of sp³-hybridized carbons (Fsp3) is 0.0909. The van der Waals surface area contributed by atoms with Gasteiger partial charge in [-0.2, -0.15) is 13.5 Å². The Bertz CT molecular complexity index is 1320. The van der Waals surface area contributed by atoms with Gasteiger partial charge in [-0.15, -0.1) is 0 Å². The Labute approximate surface area is 211 Å². The van der Waals surface area contributed by atoms with E-state index in [0.717, 1.165) is 0 Å². The Morgan fingerprint density at radius 1 is 0.912 bits per heavy atom. The molecule has 0 atom stereocenters. The zero-order valence-corrected chi connectivity index (χ0v) is 20.8. The van der Waals surface area contributed by atoms with Gasteiger partial charge in [-0.3, -0.25) is 4.79 Å². The number of hydrazone groups is 1. The number of hydrogen-bond donors (Lipinski definition) is 1. The molecule has 0 fully saturated rings. The Balaban J connectivity index is 1.73. The molecule has 0 spiro atoms. The van der Waals surface area contributed by atoms with Gasteiger partial charge in [0.1, 0.15) is 4.90 Å². The summed E-state index contributed by atoms with van der Waals surface area (Å²) in [6, 6.07) is 12.8. The number of hydrogen-bond acceptors (Lipinski definition) is 7. The first-order valence-corrected chi connectivity index (χ1v) is 11.9. The molecule has 0 aromatic heterocycles. The first-order valence-electron chi connectivity index (χ1n) is 9.39. The van der Waals surface area contributed by atoms with Gasteiger partial charge in [-0.25, -0.2) is 5.43 Å². The highest BCUT2D eigenvalue weighted by atomic mass is 35.5. The van der Waals surface area contributed by atoms with Gasteiger partial charge in [-0.1, -0.05) is 34.8 Å². The molecule has 0 unspecified atom stereocenters. The van der Waals surface area contributed by atoms with Crippen LogP contribution in [0.5, 0.6) is 17.2 Å². The Kier molecular flexibility index (Phi) is 8.27. The molecule has 0 saturated heterocycles. The third-order valence-electron chi connectivity index (χ3n) is 4.34. The molecule has 12 heteroatoms. The van der Waals surface area contributed by atoms with Gasteiger partial charge in [0.2, 0.25) is 0 Å². The van der Waals surface area contributed by atoms with E-state index in [4.69, 9.17) is 48.5 Å². The standard InChI is InChI=1S/C22H17Cl3N2O6S/c1-31-19-8-3-14(11-20(19)32-2)22(28)27-26-12-13-9-17(24)21(18(25)10-13)33-34(29,30)16-6-4-15(23)5-7-16/h3-12H,1-2H3,(H,27,28)/b26-12+. The van der Waals surface area contributed by atoms with Crippen LogP contribution < -0.4 is 19.1 Å². The van der Waals surface area contributed by atoms with Crippen LogP contribution in [0.2, 0.25) is 15.1 Å². The maximum atomic E-state index is 12.5. The molecule has 3 aromatic carbocycles. The minimum Gasteiger partial charge on any atom is -0.493 e. The van der Waals surface area contributed by atoms with Crippen LogP contribution in [0.1, 0.15) is 15.9 Å². The molecule has 0 bridgehead atoms. The number of halogens is 3. The SMILES string of the molecule is COc1ccc(C(=O)N/N=C/c2cc(Cl)c(OS(=O)(=O)c3ccc(Cl)cc3)c(Cl)c2)cc1OC. The van der Waals surface area contributed by atoms with Crippen molar-refractivity contribution in [3.8, 4) is 17.2 Å². The van der Waals surface area contributed by atoms with E-state index >= 15 is 0 Å². The van der Waals surface area contributed by atoms with Crippen molar-refractivity contribution in [1.29, 1.82) is 0 Å². The van der Waals surface area contributed by atoms with E-state index in [0.29, 0.717) is 27.6 Å². The molecule has 34 heavy (non-hydrogen) atoms. The van der Waals surface area contributed by atoms with Crippen LogP contribution >= 0.6 is 34.8 Å². The minimum atomic E-state index is -4.19. The van der Waals surface area contributed by atoms with Crippen molar-refractivity contribution in [1.82, 2.24) is 5.43 Å². The summed E-state index contributed by atoms with van der Waals surface area (Å²) in [4.78, 5) is 12.2. The number of methoxy groups -OCH3 is 2. The predicted octanol–water partition coefficient (Wildman–Crippen LogP) is 5.20. The fourth-order valence-corrected chi connectivity index (χ4v) is 4.46. The van der Waals surface area contributed by atoms with Crippen LogP contribution in [0.4, 0.5) is 0 Å². The van der Waals surface area contributed by atoms with E-state index in [2.05, 4.69) is 10.5 Å². The molecule has 1 N–H and O–H groups in total. The van der Waals surface area contributed by atoms with Gasteiger partial charge >= 0.3 is 10.1 Å². The Morgan fingerprint density at radius 3 is 2.12 bits per heavy atom. The molecule has 178 valence electrons. The Hall–Kier alpha value is -2.98. The van der Waals surface area contributed by atoms with Gasteiger partial charge in [0.15, 0.2) is 17.2 Å². The molecular weight excluding hydrogens is 527 g/mol. The molecular formula is C22H17Cl3N2O6S. The lowest BCUT2D eigenvalue weighted by molar-refractivity contribution is 0.0954. The number of carbonyl (C=O) groups excluding carboxylic acids is 1. The summed E-state index contributed by atoms with van der Waals surface area (Å²) < 4.78 is 40.4. The van der Waals surface area contributed by atoms with Gasteiger partial charge < -0.3 is 13.7 Å². The first-order chi connectivity index (χ1) is 16.1. The summed E-state index contributed by atoms with van der Waals surface area (Å²) in [5.74, 6) is 0.127. The minimum absolute atomic E-state index is 0.0716. The van der Waals surface area contributed by atoms with Crippen LogP contribution in [0.25, 0.3) is 0 Å². The largest absolute Gasteiger partial charge is 0.493 e. The lowest BCUT2D eigenvalue weighted by Gasteiger charge is -2.11. The van der Waals surface area contributed by atoms with Gasteiger partial charge in [-0.05, 0) is 60.2 Å². The van der Waals surface area contributed by atoms with Crippen molar-refractivity contribution in [2.45, 2.75) is 4.90 Å². The highest BCUT2D eigenvalue weighted by Crippen LogP contribution is 2.36. The molecule has 0 aliphatic rings. The van der Waals surface area contributed by atoms with Crippen molar-refractivity contribution in [3.05, 3.63) is 80.8 Å². The highest BCUT2D eigenvalue weighted by Gasteiger charge is 2.21. The lowest BCUT2D eigenvalue weighted by Crippen LogP contribution is -2.17. The van der Waals surface area contributed by atoms with Gasteiger partial charge in [0.25, 0.3) is 5.91 Å². The predicted molar refractivity (Wildman–Crippen MR) is 130 cm³/mol. The smallest absolute Gasteiger partial charge is 0.339 e. The average molecular weight is 544 g/mol. The molecule has 8 nitrogen and oxygen atoms in total. The average Bonchev–Trinajstić information content (AvgIpc) is 2.81. The van der Waals surface area contributed by atoms with Crippen LogP contribution in [0.15, 0.2) is 64.6 Å². The van der Waals surface area contributed by atoms with Crippen molar-refractivity contribution in [3.63, 3.8) is 0 Å². The van der Waals surface area contributed by atoms with Crippen LogP contribution in [-0.2, 0) is 10.1 Å². The summed E-state index contributed by atoms with van der Waals surface area (Å²) in [6.07, 6.45) is 1.29. The highest BCUT2D eigenvalue weighted by molar-refractivity contribution is 7.87. The van der Waals surface area contributed by atoms with E-state index in [-0.39, 0.29) is 20.7 Å². The second kappa shape index (κ2) is 11.0. The van der Waals surface area contributed by atoms with Crippen LogP contribution in [0.3, 0.4) is 0 Å². The molecule has 0 aliphatic heterocycles. The van der Waals surface area contributed by atoms with E-state index in [1.54, 1.807) is 12.1 Å². The third-order valence-corrected chi connectivity index (χ3v) is 6.39. The molecule has 0 saturated carbocycles. The molecule has 0 heterocycles. The summed E-state index contributed by atoms with van der Waals surface area (Å²) in [6.45, 7) is 0. The third kappa shape index (κ3) is 6.12. The zero-order valence-electron chi connectivity index (χ0n) is 17.7. The fourth-order valence-electron chi connectivity index (χ4n) is 2.70. The maximum absolute atomic E-state index is 12.5. The molecule has 0 aliphatic carbocycles. The maximum Gasteiger partial charge on any atom is 0.339 e. The van der Waals surface area contributed by atoms with E-state index < -0.39 is 16.0 Å². The number of benzene rings is 3. The lowest BCUT2D eigenvalue weighted by atomic mass is 10.2. The van der Waals surface area contributed by atoms with E-state index in [1.165, 1.54) is 62.9 Å². The topological polar surface area (TPSA) is 103 Å². The van der Waals surface area contributed by atoms with Crippen LogP contribution in [-0.4, -0.2) is 34.8 Å². The quantitative estimate of drug-likeness (QED) is 0.238. The second-order valence-corrected chi connectivity index (χ2v) is 9.37. The summed E-state index contributed by atoms with van der Waals surface area (Å²) >= 11 is 18.2. The number of nitrogens with one attached hydrogen (secondary N) is 1. The van der Waals surface area contributed by atoms with Crippen molar-refractivity contribution in [2.75, 3.05) is 14.2 Å². The normalized spacial score (nSPS) is 11.3. The van der Waals surface area contributed by atoms with Gasteiger partial charge in [0, 0.05) is 10.6 Å². The second-order valence-electron chi connectivity index (χ2n) is 6.57. The molecule has 0 radical (unpaired) electrons. The van der Waals surface area contributed by atoms with E-state index in [9.17, 15) is 13.2 Å². The summed E-state index contributed by atoms with van der Waals surface area (Å²) in [5, 5.41) is 4.10. The van der Waals surface area contributed by atoms with Crippen molar-refractivity contribution < 1.29 is 26.9 Å². The van der Waals surface area contributed by atoms with Crippen LogP contribution in [0, 0.1) is 0 Å². The summed E-state index contributed by atoms with van der Waals surface area (Å²) in [7, 11) is -1.25. The Morgan fingerprint density at radius 2 is 1.53 bits per heavy atom. The summed E-state index contributed by atoms with van der Waals surface area (Å²) in [5.41, 5.74) is 3.05. The number of amides is 1. The number of nitrogens with zero attached hydrogens (tertiary/aromatic N) is 1. The van der Waals surface area contributed by atoms with Gasteiger partial charge in [0.05, 0.1) is 30.5 Å². The van der Waals surface area contributed by atoms with Crippen molar-refractivity contribution in [2.24, 2.45) is 5.10 Å². The number of ether oxygens (including phenoxy) is 2. The molecule has 3 aromatic rings. The number of carbonyl (C=O) groups is 1.